The number of rotatable bonds is 7. The van der Waals surface area contributed by atoms with Crippen LogP contribution in [0.15, 0.2) is 65.8 Å². The fourth-order valence-electron chi connectivity index (χ4n) is 4.03. The number of anilines is 1. The zero-order chi connectivity index (χ0) is 29.3. The number of nitrogens with zero attached hydrogens (tertiary/aromatic N) is 4. The highest BCUT2D eigenvalue weighted by Crippen LogP contribution is 2.35. The predicted molar refractivity (Wildman–Crippen MR) is 153 cm³/mol. The van der Waals surface area contributed by atoms with Gasteiger partial charge in [0.05, 0.1) is 16.2 Å². The number of aromatic nitrogens is 5. The molecule has 2 aromatic carbocycles. The summed E-state index contributed by atoms with van der Waals surface area (Å²) in [5.41, 5.74) is 2.99. The number of hydrogen-bond donors (Lipinski definition) is 3. The summed E-state index contributed by atoms with van der Waals surface area (Å²) in [4.78, 5) is 40.7. The maximum absolute atomic E-state index is 15.2. The lowest BCUT2D eigenvalue weighted by atomic mass is 9.96. The molecule has 5 rings (SSSR count). The van der Waals surface area contributed by atoms with E-state index in [4.69, 9.17) is 16.1 Å². The van der Waals surface area contributed by atoms with Gasteiger partial charge in [-0.3, -0.25) is 9.59 Å². The largest absolute Gasteiger partial charge is 0.344 e. The monoisotopic (exact) mass is 573 g/mol. The van der Waals surface area contributed by atoms with Gasteiger partial charge in [0.15, 0.2) is 11.5 Å². The first-order valence-corrected chi connectivity index (χ1v) is 12.9. The van der Waals surface area contributed by atoms with E-state index < -0.39 is 17.6 Å². The van der Waals surface area contributed by atoms with E-state index in [1.165, 1.54) is 6.07 Å². The topological polar surface area (TPSA) is 139 Å². The van der Waals surface area contributed by atoms with Gasteiger partial charge in [-0.1, -0.05) is 62.3 Å². The Labute approximate surface area is 239 Å². The molecule has 5 aromatic rings. The molecule has 3 N–H and O–H groups in total. The van der Waals surface area contributed by atoms with Gasteiger partial charge < -0.3 is 20.1 Å². The van der Waals surface area contributed by atoms with Crippen LogP contribution >= 0.6 is 11.6 Å². The van der Waals surface area contributed by atoms with E-state index in [1.54, 1.807) is 42.6 Å². The van der Waals surface area contributed by atoms with Crippen molar-refractivity contribution in [2.75, 3.05) is 5.32 Å². The van der Waals surface area contributed by atoms with Crippen molar-refractivity contribution in [3.8, 4) is 22.5 Å². The zero-order valence-electron chi connectivity index (χ0n) is 22.4. The van der Waals surface area contributed by atoms with Crippen molar-refractivity contribution in [2.24, 2.45) is 0 Å². The van der Waals surface area contributed by atoms with Crippen LogP contribution in [-0.4, -0.2) is 36.9 Å². The smallest absolute Gasteiger partial charge is 0.315 e. The zero-order valence-corrected chi connectivity index (χ0v) is 23.1. The second-order valence-corrected chi connectivity index (χ2v) is 10.6. The Hall–Kier alpha value is -4.90. The highest BCUT2D eigenvalue weighted by molar-refractivity contribution is 6.34. The summed E-state index contributed by atoms with van der Waals surface area (Å²) in [6.07, 6.45) is 2.71. The summed E-state index contributed by atoms with van der Waals surface area (Å²) >= 11 is 6.35. The van der Waals surface area contributed by atoms with Gasteiger partial charge >= 0.3 is 11.8 Å². The number of hydrogen-bond acceptors (Lipinski definition) is 7. The lowest BCUT2D eigenvalue weighted by Gasteiger charge is -2.10. The molecular weight excluding hydrogens is 549 g/mol. The minimum Gasteiger partial charge on any atom is -0.344 e. The molecular formula is C29H25ClFN7O3. The van der Waals surface area contributed by atoms with E-state index in [0.717, 1.165) is 6.08 Å². The fourth-order valence-corrected chi connectivity index (χ4v) is 4.25. The number of amides is 2. The van der Waals surface area contributed by atoms with Crippen LogP contribution in [0, 0.1) is 5.82 Å². The molecule has 0 atom stereocenters. The normalized spacial score (nSPS) is 11.4. The van der Waals surface area contributed by atoms with E-state index in [1.807, 2.05) is 20.8 Å². The average molecular weight is 574 g/mol. The van der Waals surface area contributed by atoms with Gasteiger partial charge in [0.1, 0.15) is 11.6 Å². The minimum absolute atomic E-state index is 0.0773. The number of pyridine rings is 1. The number of carbonyl (C=O) groups is 2. The summed E-state index contributed by atoms with van der Waals surface area (Å²) in [5.74, 6) is -0.908. The SMILES string of the molecule is C=CC(=O)Nc1c(Cl)cccc1-c1nc2nccc(-c3ccc(CNC(=O)c4nc(C(C)(C)C)no4)c(F)c3)c2[nH]1. The molecule has 0 aliphatic carbocycles. The Morgan fingerprint density at radius 3 is 2.66 bits per heavy atom. The van der Waals surface area contributed by atoms with Gasteiger partial charge in [-0.05, 0) is 35.9 Å². The Bertz CT molecular complexity index is 1810. The first kappa shape index (κ1) is 27.7. The highest BCUT2D eigenvalue weighted by Gasteiger charge is 2.24. The molecule has 0 saturated carbocycles. The number of H-pyrrole nitrogens is 1. The molecule has 3 aromatic heterocycles. The Morgan fingerprint density at radius 2 is 1.95 bits per heavy atom. The van der Waals surface area contributed by atoms with Crippen molar-refractivity contribution >= 4 is 40.3 Å². The number of aromatic amines is 1. The second kappa shape index (κ2) is 10.9. The summed E-state index contributed by atoms with van der Waals surface area (Å²) in [6, 6.07) is 11.6. The van der Waals surface area contributed by atoms with Crippen LogP contribution in [0.1, 0.15) is 42.8 Å². The maximum Gasteiger partial charge on any atom is 0.315 e. The van der Waals surface area contributed by atoms with E-state index in [9.17, 15) is 9.59 Å². The van der Waals surface area contributed by atoms with Gasteiger partial charge in [-0.25, -0.2) is 14.4 Å². The predicted octanol–water partition coefficient (Wildman–Crippen LogP) is 5.82. The van der Waals surface area contributed by atoms with E-state index in [0.29, 0.717) is 50.2 Å². The molecule has 0 fully saturated rings. The summed E-state index contributed by atoms with van der Waals surface area (Å²) in [5, 5.41) is 9.48. The van der Waals surface area contributed by atoms with Gasteiger partial charge in [0.25, 0.3) is 0 Å². The average Bonchev–Trinajstić information content (AvgIpc) is 3.61. The van der Waals surface area contributed by atoms with Crippen molar-refractivity contribution in [1.29, 1.82) is 0 Å². The molecule has 2 amide bonds. The number of nitrogens with one attached hydrogen (secondary N) is 3. The van der Waals surface area contributed by atoms with Gasteiger partial charge in [-0.15, -0.1) is 0 Å². The van der Waals surface area contributed by atoms with Gasteiger partial charge in [0.2, 0.25) is 5.91 Å². The van der Waals surface area contributed by atoms with Crippen molar-refractivity contribution < 1.29 is 18.5 Å². The van der Waals surface area contributed by atoms with E-state index in [2.05, 4.69) is 42.3 Å². The standard InChI is InChI=1S/C29H25ClFN7O3/c1-5-21(39)34-22-18(7-6-8-19(22)30)24-35-23-17(11-12-32-25(23)36-24)15-9-10-16(20(31)13-15)14-33-26(40)27-37-28(38-41-27)29(2,3)4/h5-13H,1,14H2,2-4H3,(H,33,40)(H,34,39)(H,32,35,36). The molecule has 0 radical (unpaired) electrons. The van der Waals surface area contributed by atoms with Crippen LogP contribution < -0.4 is 10.6 Å². The number of fused-ring (bicyclic) bond motifs is 1. The third-order valence-corrected chi connectivity index (χ3v) is 6.50. The maximum atomic E-state index is 15.2. The van der Waals surface area contributed by atoms with Crippen molar-refractivity contribution in [3.05, 3.63) is 89.4 Å². The number of imidazole rings is 1. The third kappa shape index (κ3) is 5.71. The quantitative estimate of drug-likeness (QED) is 0.208. The van der Waals surface area contributed by atoms with E-state index >= 15 is 4.39 Å². The first-order chi connectivity index (χ1) is 19.5. The van der Waals surface area contributed by atoms with E-state index in [-0.39, 0.29) is 23.4 Å². The van der Waals surface area contributed by atoms with Crippen molar-refractivity contribution in [2.45, 2.75) is 32.7 Å². The number of halogens is 2. The molecule has 0 saturated heterocycles. The van der Waals surface area contributed by atoms with Crippen LogP contribution in [0.25, 0.3) is 33.7 Å². The molecule has 3 heterocycles. The van der Waals surface area contributed by atoms with Crippen LogP contribution in [0.4, 0.5) is 10.1 Å². The minimum atomic E-state index is -0.595. The molecule has 0 aliphatic rings. The van der Waals surface area contributed by atoms with Gasteiger partial charge in [0, 0.05) is 34.8 Å². The molecule has 12 heteroatoms. The molecule has 208 valence electrons. The summed E-state index contributed by atoms with van der Waals surface area (Å²) < 4.78 is 20.2. The molecule has 0 bridgehead atoms. The van der Waals surface area contributed by atoms with Crippen LogP contribution in [0.3, 0.4) is 0 Å². The number of benzene rings is 2. The molecule has 0 unspecified atom stereocenters. The number of para-hydroxylation sites is 1. The number of carbonyl (C=O) groups excluding carboxylic acids is 2. The Morgan fingerprint density at radius 1 is 1.15 bits per heavy atom. The highest BCUT2D eigenvalue weighted by atomic mass is 35.5. The summed E-state index contributed by atoms with van der Waals surface area (Å²) in [6.45, 7) is 9.09. The van der Waals surface area contributed by atoms with Gasteiger partial charge in [-0.2, -0.15) is 4.98 Å². The van der Waals surface area contributed by atoms with Crippen LogP contribution in [0.2, 0.25) is 5.02 Å². The lowest BCUT2D eigenvalue weighted by molar-refractivity contribution is -0.111. The van der Waals surface area contributed by atoms with Crippen LogP contribution in [-0.2, 0) is 16.8 Å². The molecule has 0 spiro atoms. The van der Waals surface area contributed by atoms with Crippen molar-refractivity contribution in [3.63, 3.8) is 0 Å². The Balaban J connectivity index is 1.40. The van der Waals surface area contributed by atoms with Crippen LogP contribution in [0.5, 0.6) is 0 Å². The molecule has 41 heavy (non-hydrogen) atoms. The first-order valence-electron chi connectivity index (χ1n) is 12.5. The molecule has 10 nitrogen and oxygen atoms in total. The summed E-state index contributed by atoms with van der Waals surface area (Å²) in [7, 11) is 0. The third-order valence-electron chi connectivity index (χ3n) is 6.19. The lowest BCUT2D eigenvalue weighted by Crippen LogP contribution is -2.24. The van der Waals surface area contributed by atoms with Crippen molar-refractivity contribution in [1.82, 2.24) is 30.4 Å². The second-order valence-electron chi connectivity index (χ2n) is 10.2. The molecule has 0 aliphatic heterocycles. The Kier molecular flexibility index (Phi) is 7.38. The fraction of sp³-hybridized carbons (Fsp3) is 0.172.